The highest BCUT2D eigenvalue weighted by Crippen LogP contribution is 2.39. The second-order valence-corrected chi connectivity index (χ2v) is 7.60. The summed E-state index contributed by atoms with van der Waals surface area (Å²) in [5.41, 5.74) is 1.32. The SMILES string of the molecule is CCNC1CCCc2nc(N(C)C(C)c3cccs3)sc21. The van der Waals surface area contributed by atoms with Crippen molar-refractivity contribution >= 4 is 27.8 Å². The van der Waals surface area contributed by atoms with Crippen LogP contribution in [0.3, 0.4) is 0 Å². The molecule has 114 valence electrons. The number of aryl methyl sites for hydroxylation is 1. The minimum atomic E-state index is 0.384. The molecular weight excluding hydrogens is 298 g/mol. The third kappa shape index (κ3) is 3.00. The summed E-state index contributed by atoms with van der Waals surface area (Å²) >= 11 is 3.69. The predicted octanol–water partition coefficient (Wildman–Crippen LogP) is 4.39. The zero-order chi connectivity index (χ0) is 14.8. The van der Waals surface area contributed by atoms with E-state index in [0.717, 1.165) is 18.1 Å². The molecule has 0 saturated carbocycles. The van der Waals surface area contributed by atoms with Crippen molar-refractivity contribution in [3.8, 4) is 0 Å². The molecule has 5 heteroatoms. The molecule has 0 fully saturated rings. The second kappa shape index (κ2) is 6.46. The molecule has 1 N–H and O–H groups in total. The third-order valence-corrected chi connectivity index (χ3v) is 6.57. The van der Waals surface area contributed by atoms with Gasteiger partial charge in [-0.05, 0) is 44.2 Å². The molecule has 0 bridgehead atoms. The number of thiophene rings is 1. The van der Waals surface area contributed by atoms with E-state index in [2.05, 4.69) is 48.6 Å². The number of fused-ring (bicyclic) bond motifs is 1. The molecule has 0 radical (unpaired) electrons. The van der Waals surface area contributed by atoms with E-state index in [1.54, 1.807) is 0 Å². The normalized spacial score (nSPS) is 19.3. The molecule has 3 rings (SSSR count). The molecule has 21 heavy (non-hydrogen) atoms. The Kier molecular flexibility index (Phi) is 4.62. The van der Waals surface area contributed by atoms with E-state index in [1.807, 2.05) is 22.7 Å². The number of aromatic nitrogens is 1. The third-order valence-electron chi connectivity index (χ3n) is 4.23. The van der Waals surface area contributed by atoms with Crippen molar-refractivity contribution in [3.05, 3.63) is 33.0 Å². The minimum Gasteiger partial charge on any atom is -0.344 e. The van der Waals surface area contributed by atoms with Crippen molar-refractivity contribution in [1.82, 2.24) is 10.3 Å². The molecule has 0 aromatic carbocycles. The van der Waals surface area contributed by atoms with E-state index >= 15 is 0 Å². The van der Waals surface area contributed by atoms with Gasteiger partial charge < -0.3 is 10.2 Å². The fourth-order valence-corrected chi connectivity index (χ4v) is 4.97. The van der Waals surface area contributed by atoms with Gasteiger partial charge in [0, 0.05) is 22.8 Å². The molecule has 2 aromatic heterocycles. The Bertz CT molecular complexity index is 576. The van der Waals surface area contributed by atoms with Crippen LogP contribution in [-0.2, 0) is 6.42 Å². The molecule has 2 aromatic rings. The van der Waals surface area contributed by atoms with Crippen LogP contribution in [0.4, 0.5) is 5.13 Å². The highest BCUT2D eigenvalue weighted by Gasteiger charge is 2.26. The van der Waals surface area contributed by atoms with Gasteiger partial charge in [-0.3, -0.25) is 0 Å². The van der Waals surface area contributed by atoms with E-state index in [-0.39, 0.29) is 0 Å². The average molecular weight is 322 g/mol. The van der Waals surface area contributed by atoms with Gasteiger partial charge in [0.2, 0.25) is 0 Å². The van der Waals surface area contributed by atoms with Crippen LogP contribution >= 0.6 is 22.7 Å². The summed E-state index contributed by atoms with van der Waals surface area (Å²) in [4.78, 5) is 10.1. The van der Waals surface area contributed by atoms with Crippen LogP contribution in [-0.4, -0.2) is 18.6 Å². The van der Waals surface area contributed by atoms with Crippen molar-refractivity contribution in [2.24, 2.45) is 0 Å². The van der Waals surface area contributed by atoms with Gasteiger partial charge >= 0.3 is 0 Å². The first kappa shape index (κ1) is 15.0. The number of hydrogen-bond donors (Lipinski definition) is 1. The summed E-state index contributed by atoms with van der Waals surface area (Å²) in [7, 11) is 2.16. The van der Waals surface area contributed by atoms with E-state index < -0.39 is 0 Å². The molecular formula is C16H23N3S2. The van der Waals surface area contributed by atoms with E-state index in [4.69, 9.17) is 4.98 Å². The number of anilines is 1. The maximum atomic E-state index is 4.92. The lowest BCUT2D eigenvalue weighted by Gasteiger charge is -2.23. The summed E-state index contributed by atoms with van der Waals surface area (Å²) in [5.74, 6) is 0. The largest absolute Gasteiger partial charge is 0.344 e. The van der Waals surface area contributed by atoms with Crippen molar-refractivity contribution in [3.63, 3.8) is 0 Å². The summed E-state index contributed by atoms with van der Waals surface area (Å²) in [6, 6.07) is 5.23. The average Bonchev–Trinajstić information content (AvgIpc) is 3.15. The minimum absolute atomic E-state index is 0.384. The van der Waals surface area contributed by atoms with Crippen LogP contribution in [0.1, 0.15) is 54.2 Å². The molecule has 2 heterocycles. The Morgan fingerprint density at radius 2 is 2.38 bits per heavy atom. The van der Waals surface area contributed by atoms with Crippen LogP contribution in [0, 0.1) is 0 Å². The quantitative estimate of drug-likeness (QED) is 0.885. The summed E-state index contributed by atoms with van der Waals surface area (Å²) in [5, 5.41) is 6.91. The molecule has 1 aliphatic rings. The van der Waals surface area contributed by atoms with Gasteiger partial charge in [0.05, 0.1) is 11.7 Å². The lowest BCUT2D eigenvalue weighted by Crippen LogP contribution is -2.23. The van der Waals surface area contributed by atoms with Gasteiger partial charge in [0.1, 0.15) is 0 Å². The first-order chi connectivity index (χ1) is 10.2. The Morgan fingerprint density at radius 1 is 1.52 bits per heavy atom. The molecule has 0 aliphatic heterocycles. The number of rotatable bonds is 5. The number of nitrogens with zero attached hydrogens (tertiary/aromatic N) is 2. The molecule has 0 amide bonds. The lowest BCUT2D eigenvalue weighted by atomic mass is 9.98. The molecule has 0 spiro atoms. The van der Waals surface area contributed by atoms with Crippen LogP contribution in [0.25, 0.3) is 0 Å². The highest BCUT2D eigenvalue weighted by molar-refractivity contribution is 7.15. The number of thiazole rings is 1. The van der Waals surface area contributed by atoms with Gasteiger partial charge in [-0.2, -0.15) is 0 Å². The van der Waals surface area contributed by atoms with E-state index in [9.17, 15) is 0 Å². The molecule has 3 nitrogen and oxygen atoms in total. The highest BCUT2D eigenvalue weighted by atomic mass is 32.1. The molecule has 2 atom stereocenters. The second-order valence-electron chi connectivity index (χ2n) is 5.61. The lowest BCUT2D eigenvalue weighted by molar-refractivity contribution is 0.476. The van der Waals surface area contributed by atoms with Crippen LogP contribution < -0.4 is 10.2 Å². The van der Waals surface area contributed by atoms with E-state index in [1.165, 1.54) is 28.3 Å². The van der Waals surface area contributed by atoms with Gasteiger partial charge in [-0.1, -0.05) is 24.3 Å². The first-order valence-corrected chi connectivity index (χ1v) is 9.39. The zero-order valence-electron chi connectivity index (χ0n) is 12.9. The first-order valence-electron chi connectivity index (χ1n) is 7.70. The molecule has 2 unspecified atom stereocenters. The van der Waals surface area contributed by atoms with Gasteiger partial charge in [-0.15, -0.1) is 11.3 Å². The fourth-order valence-electron chi connectivity index (χ4n) is 2.88. The van der Waals surface area contributed by atoms with Crippen molar-refractivity contribution in [2.75, 3.05) is 18.5 Å². The standard InChI is InChI=1S/C16H23N3S2/c1-4-17-12-7-5-8-13-15(12)21-16(18-13)19(3)11(2)14-9-6-10-20-14/h6,9-12,17H,4-5,7-8H2,1-3H3. The van der Waals surface area contributed by atoms with Crippen LogP contribution in [0.5, 0.6) is 0 Å². The summed E-state index contributed by atoms with van der Waals surface area (Å²) in [6.45, 7) is 5.47. The topological polar surface area (TPSA) is 28.2 Å². The maximum Gasteiger partial charge on any atom is 0.186 e. The number of hydrogen-bond acceptors (Lipinski definition) is 5. The van der Waals surface area contributed by atoms with Gasteiger partial charge in [-0.25, -0.2) is 4.98 Å². The molecule has 0 saturated heterocycles. The number of nitrogens with one attached hydrogen (secondary N) is 1. The zero-order valence-corrected chi connectivity index (χ0v) is 14.6. The summed E-state index contributed by atoms with van der Waals surface area (Å²) < 4.78 is 0. The van der Waals surface area contributed by atoms with Crippen molar-refractivity contribution in [1.29, 1.82) is 0 Å². The Labute approximate surface area is 135 Å². The van der Waals surface area contributed by atoms with Gasteiger partial charge in [0.15, 0.2) is 5.13 Å². The van der Waals surface area contributed by atoms with E-state index in [0.29, 0.717) is 12.1 Å². The Balaban J connectivity index is 1.83. The monoisotopic (exact) mass is 321 g/mol. The predicted molar refractivity (Wildman–Crippen MR) is 92.6 cm³/mol. The maximum absolute atomic E-state index is 4.92. The Morgan fingerprint density at radius 3 is 3.10 bits per heavy atom. The fraction of sp³-hybridized carbons (Fsp3) is 0.562. The van der Waals surface area contributed by atoms with Gasteiger partial charge in [0.25, 0.3) is 0 Å². The Hall–Kier alpha value is -0.910. The van der Waals surface area contributed by atoms with Crippen LogP contribution in [0.2, 0.25) is 0 Å². The smallest absolute Gasteiger partial charge is 0.186 e. The van der Waals surface area contributed by atoms with Crippen molar-refractivity contribution < 1.29 is 0 Å². The molecule has 1 aliphatic carbocycles. The summed E-state index contributed by atoms with van der Waals surface area (Å²) in [6.07, 6.45) is 3.62. The van der Waals surface area contributed by atoms with Crippen LogP contribution in [0.15, 0.2) is 17.5 Å². The van der Waals surface area contributed by atoms with Crippen molar-refractivity contribution in [2.45, 2.75) is 45.2 Å².